The third kappa shape index (κ3) is 4.94. The Labute approximate surface area is 351 Å². The largest absolute Gasteiger partial charge is 0.455 e. The van der Waals surface area contributed by atoms with Gasteiger partial charge in [0.2, 0.25) is 0 Å². The van der Waals surface area contributed by atoms with Crippen molar-refractivity contribution in [2.75, 3.05) is 4.90 Å². The summed E-state index contributed by atoms with van der Waals surface area (Å²) in [5.41, 5.74) is 20.4. The van der Waals surface area contributed by atoms with Crippen LogP contribution >= 0.6 is 0 Å². The third-order valence-electron chi connectivity index (χ3n) is 13.7. The van der Waals surface area contributed by atoms with E-state index in [4.69, 9.17) is 4.42 Å². The summed E-state index contributed by atoms with van der Waals surface area (Å²) in [6, 6.07) is 69.3. The van der Waals surface area contributed by atoms with Crippen LogP contribution in [0.25, 0.3) is 77.2 Å². The fraction of sp³-hybridized carbons (Fsp3) is 0.103. The molecule has 1 heterocycles. The summed E-state index contributed by atoms with van der Waals surface area (Å²) in [6.07, 6.45) is 0. The average molecular weight is 770 g/mol. The molecule has 2 heteroatoms. The number of furan rings is 1. The highest BCUT2D eigenvalue weighted by atomic mass is 16.3. The second kappa shape index (κ2) is 12.7. The van der Waals surface area contributed by atoms with Crippen molar-refractivity contribution in [2.24, 2.45) is 0 Å². The van der Waals surface area contributed by atoms with Crippen LogP contribution in [0.2, 0.25) is 0 Å². The van der Waals surface area contributed by atoms with Gasteiger partial charge >= 0.3 is 0 Å². The molecule has 9 aromatic carbocycles. The highest BCUT2D eigenvalue weighted by molar-refractivity contribution is 6.14. The molecule has 0 saturated carbocycles. The maximum absolute atomic E-state index is 6.60. The number of fused-ring (bicyclic) bond motifs is 10. The van der Waals surface area contributed by atoms with Gasteiger partial charge in [0.15, 0.2) is 0 Å². The van der Waals surface area contributed by atoms with Gasteiger partial charge in [0.25, 0.3) is 0 Å². The molecule has 1 aromatic heterocycles. The van der Waals surface area contributed by atoms with E-state index >= 15 is 0 Å². The summed E-state index contributed by atoms with van der Waals surface area (Å²) < 4.78 is 6.60. The first kappa shape index (κ1) is 34.8. The lowest BCUT2D eigenvalue weighted by Gasteiger charge is -2.31. The highest BCUT2D eigenvalue weighted by Gasteiger charge is 2.38. The third-order valence-corrected chi connectivity index (χ3v) is 13.7. The van der Waals surface area contributed by atoms with E-state index in [0.717, 1.165) is 50.1 Å². The van der Waals surface area contributed by atoms with E-state index in [1.807, 2.05) is 6.07 Å². The zero-order chi connectivity index (χ0) is 40.3. The fourth-order valence-corrected chi connectivity index (χ4v) is 10.6. The van der Waals surface area contributed by atoms with E-state index in [1.165, 1.54) is 66.4 Å². The van der Waals surface area contributed by atoms with Crippen molar-refractivity contribution in [3.8, 4) is 44.5 Å². The Morgan fingerprint density at radius 2 is 0.883 bits per heavy atom. The van der Waals surface area contributed by atoms with Crippen LogP contribution in [-0.2, 0) is 10.8 Å². The molecule has 0 spiro atoms. The minimum absolute atomic E-state index is 0.136. The zero-order valence-corrected chi connectivity index (χ0v) is 34.3. The fourth-order valence-electron chi connectivity index (χ4n) is 10.6. The molecule has 0 saturated heterocycles. The monoisotopic (exact) mass is 769 g/mol. The standard InChI is InChI=1S/C58H43NO/c1-57(2)50-23-12-10-18-42(50)44-29-26-38(34-52(44)57)59(39-27-30-45-43-28-25-37(36-15-6-5-7-16-36)33-51(43)58(3,4)53(45)35-39)54-32-31-41(40-17-8-9-19-46(40)54)48-21-14-22-49-47-20-11-13-24-55(47)60-56(48)49/h5-35H,1-4H3. The molecule has 60 heavy (non-hydrogen) atoms. The molecule has 10 aromatic rings. The maximum Gasteiger partial charge on any atom is 0.143 e. The predicted octanol–water partition coefficient (Wildman–Crippen LogP) is 16.2. The van der Waals surface area contributed by atoms with Gasteiger partial charge in [-0.25, -0.2) is 0 Å². The Morgan fingerprint density at radius 3 is 1.63 bits per heavy atom. The molecule has 0 radical (unpaired) electrons. The van der Waals surface area contributed by atoms with Gasteiger partial charge in [-0.1, -0.05) is 173 Å². The molecule has 2 aliphatic rings. The van der Waals surface area contributed by atoms with Crippen molar-refractivity contribution in [3.05, 3.63) is 210 Å². The topological polar surface area (TPSA) is 16.4 Å². The summed E-state index contributed by atoms with van der Waals surface area (Å²) >= 11 is 0. The number of hydrogen-bond acceptors (Lipinski definition) is 2. The first-order valence-corrected chi connectivity index (χ1v) is 21.1. The van der Waals surface area contributed by atoms with Crippen LogP contribution in [-0.4, -0.2) is 0 Å². The Balaban J connectivity index is 1.07. The summed E-state index contributed by atoms with van der Waals surface area (Å²) in [7, 11) is 0. The summed E-state index contributed by atoms with van der Waals surface area (Å²) in [6.45, 7) is 9.51. The zero-order valence-electron chi connectivity index (χ0n) is 34.3. The molecule has 2 nitrogen and oxygen atoms in total. The second-order valence-corrected chi connectivity index (χ2v) is 17.7. The lowest BCUT2D eigenvalue weighted by molar-refractivity contribution is 0.660. The Morgan fingerprint density at radius 1 is 0.350 bits per heavy atom. The quantitative estimate of drug-likeness (QED) is 0.173. The van der Waals surface area contributed by atoms with E-state index in [0.29, 0.717) is 0 Å². The lowest BCUT2D eigenvalue weighted by atomic mass is 9.81. The maximum atomic E-state index is 6.60. The SMILES string of the molecule is CC1(C)c2ccccc2-c2ccc(N(c3ccc4c(c3)C(C)(C)c3cc(-c5ccccc5)ccc3-4)c3ccc(-c4cccc5c4oc4ccccc45)c4ccccc34)cc21. The van der Waals surface area contributed by atoms with E-state index in [2.05, 4.69) is 215 Å². The molecule has 12 rings (SSSR count). The summed E-state index contributed by atoms with van der Waals surface area (Å²) in [5.74, 6) is 0. The molecule has 0 amide bonds. The lowest BCUT2D eigenvalue weighted by Crippen LogP contribution is -2.18. The smallest absolute Gasteiger partial charge is 0.143 e. The van der Waals surface area contributed by atoms with Crippen LogP contribution in [0.1, 0.15) is 49.9 Å². The van der Waals surface area contributed by atoms with E-state index < -0.39 is 0 Å². The van der Waals surface area contributed by atoms with Crippen LogP contribution < -0.4 is 4.90 Å². The second-order valence-electron chi connectivity index (χ2n) is 17.7. The van der Waals surface area contributed by atoms with E-state index in [-0.39, 0.29) is 10.8 Å². The minimum Gasteiger partial charge on any atom is -0.455 e. The van der Waals surface area contributed by atoms with Crippen LogP contribution in [0, 0.1) is 0 Å². The molecule has 0 unspecified atom stereocenters. The van der Waals surface area contributed by atoms with Gasteiger partial charge in [0.1, 0.15) is 11.2 Å². The van der Waals surface area contributed by atoms with Gasteiger partial charge in [-0.05, 0) is 109 Å². The normalized spacial score (nSPS) is 14.3. The number of anilines is 3. The van der Waals surface area contributed by atoms with Crippen molar-refractivity contribution in [3.63, 3.8) is 0 Å². The molecular weight excluding hydrogens is 727 g/mol. The Kier molecular flexibility index (Phi) is 7.36. The Bertz CT molecular complexity index is 3380. The van der Waals surface area contributed by atoms with Crippen LogP contribution in [0.3, 0.4) is 0 Å². The number of benzene rings is 9. The predicted molar refractivity (Wildman–Crippen MR) is 252 cm³/mol. The number of hydrogen-bond donors (Lipinski definition) is 0. The van der Waals surface area contributed by atoms with E-state index in [9.17, 15) is 0 Å². The molecule has 0 atom stereocenters. The first-order chi connectivity index (χ1) is 29.3. The van der Waals surface area contributed by atoms with Crippen LogP contribution in [0.5, 0.6) is 0 Å². The van der Waals surface area contributed by atoms with Gasteiger partial charge in [-0.3, -0.25) is 0 Å². The van der Waals surface area contributed by atoms with Crippen molar-refractivity contribution in [1.82, 2.24) is 0 Å². The molecule has 2 aliphatic carbocycles. The molecule has 0 bridgehead atoms. The number of para-hydroxylation sites is 2. The molecule has 0 fully saturated rings. The van der Waals surface area contributed by atoms with Crippen LogP contribution in [0.15, 0.2) is 192 Å². The van der Waals surface area contributed by atoms with Gasteiger partial charge in [-0.15, -0.1) is 0 Å². The van der Waals surface area contributed by atoms with Crippen molar-refractivity contribution < 1.29 is 4.42 Å². The molecule has 0 aliphatic heterocycles. The van der Waals surface area contributed by atoms with Gasteiger partial charge < -0.3 is 9.32 Å². The van der Waals surface area contributed by atoms with Gasteiger partial charge in [-0.2, -0.15) is 0 Å². The van der Waals surface area contributed by atoms with E-state index in [1.54, 1.807) is 0 Å². The number of rotatable bonds is 5. The van der Waals surface area contributed by atoms with Crippen LogP contribution in [0.4, 0.5) is 17.1 Å². The molecule has 0 N–H and O–H groups in total. The highest BCUT2D eigenvalue weighted by Crippen LogP contribution is 2.54. The van der Waals surface area contributed by atoms with Gasteiger partial charge in [0.05, 0.1) is 5.69 Å². The first-order valence-electron chi connectivity index (χ1n) is 21.1. The van der Waals surface area contributed by atoms with Gasteiger partial charge in [0, 0.05) is 43.9 Å². The van der Waals surface area contributed by atoms with Crippen molar-refractivity contribution >= 4 is 49.8 Å². The molecule has 286 valence electrons. The van der Waals surface area contributed by atoms with Crippen molar-refractivity contribution in [1.29, 1.82) is 0 Å². The summed E-state index contributed by atoms with van der Waals surface area (Å²) in [5, 5.41) is 4.64. The van der Waals surface area contributed by atoms with Crippen molar-refractivity contribution in [2.45, 2.75) is 38.5 Å². The average Bonchev–Trinajstić information content (AvgIpc) is 3.86. The summed E-state index contributed by atoms with van der Waals surface area (Å²) in [4.78, 5) is 2.50. The Hall–Kier alpha value is -7.16. The molecular formula is C58H43NO. The number of nitrogens with zero attached hydrogens (tertiary/aromatic N) is 1. The minimum atomic E-state index is -0.199.